The summed E-state index contributed by atoms with van der Waals surface area (Å²) in [7, 11) is 1.61. The van der Waals surface area contributed by atoms with Crippen LogP contribution < -0.4 is 21.1 Å². The Morgan fingerprint density at radius 1 is 1.14 bits per heavy atom. The first kappa shape index (κ1) is 29.3. The molecule has 1 fully saturated rings. The maximum absolute atomic E-state index is 15.5. The molecule has 1 saturated carbocycles. The normalized spacial score (nSPS) is 12.9. The molecule has 2 aromatic heterocycles. The van der Waals surface area contributed by atoms with Gasteiger partial charge in [-0.2, -0.15) is 0 Å². The SMILES string of the molecule is COCCN(Cc1ccc(-c2cc3nccc(Oc4ccc(C5CC5)c(NC(N)=O)c4F)c3s2)cc1)C(=O)NC(C)C. The molecule has 5 rings (SSSR count). The number of nitrogens with one attached hydrogen (secondary N) is 2. The van der Waals surface area contributed by atoms with E-state index in [2.05, 4.69) is 15.6 Å². The Morgan fingerprint density at radius 2 is 1.90 bits per heavy atom. The van der Waals surface area contributed by atoms with Crippen molar-refractivity contribution >= 4 is 39.3 Å². The second kappa shape index (κ2) is 12.7. The molecule has 2 heterocycles. The number of methoxy groups -OCH3 is 1. The number of benzene rings is 2. The van der Waals surface area contributed by atoms with E-state index in [1.807, 2.05) is 44.2 Å². The molecule has 0 unspecified atom stereocenters. The van der Waals surface area contributed by atoms with Crippen LogP contribution in [0.4, 0.5) is 19.7 Å². The standard InChI is InChI=1S/C31H34FN5O4S/c1-18(2)35-31(39)37(14-15-40-3)17-19-4-6-21(7-5-19)26-16-23-29(42-26)25(12-13-34-23)41-24-11-10-22(20-8-9-20)28(27(24)32)36-30(33)38/h4-7,10-13,16,18,20H,8-9,14-15,17H2,1-3H3,(H,35,39)(H3,33,36,38). The minimum atomic E-state index is -0.824. The van der Waals surface area contributed by atoms with Crippen LogP contribution in [0.2, 0.25) is 0 Å². The van der Waals surface area contributed by atoms with Crippen LogP contribution in [0.5, 0.6) is 11.5 Å². The van der Waals surface area contributed by atoms with Crippen molar-refractivity contribution in [2.24, 2.45) is 5.73 Å². The molecule has 0 aliphatic heterocycles. The van der Waals surface area contributed by atoms with Crippen LogP contribution in [0.3, 0.4) is 0 Å². The first-order chi connectivity index (χ1) is 20.2. The van der Waals surface area contributed by atoms with Crippen molar-refractivity contribution in [3.05, 3.63) is 71.7 Å². The summed E-state index contributed by atoms with van der Waals surface area (Å²) in [6, 6.07) is 14.1. The van der Waals surface area contributed by atoms with E-state index in [1.54, 1.807) is 36.4 Å². The van der Waals surface area contributed by atoms with Gasteiger partial charge in [0, 0.05) is 43.4 Å². The molecule has 0 saturated heterocycles. The maximum Gasteiger partial charge on any atom is 0.317 e. The lowest BCUT2D eigenvalue weighted by molar-refractivity contribution is 0.145. The highest BCUT2D eigenvalue weighted by Gasteiger charge is 2.29. The molecule has 0 atom stereocenters. The van der Waals surface area contributed by atoms with Crippen molar-refractivity contribution in [1.29, 1.82) is 0 Å². The number of ether oxygens (including phenoxy) is 2. The van der Waals surface area contributed by atoms with E-state index in [0.717, 1.165) is 44.6 Å². The fourth-order valence-electron chi connectivity index (χ4n) is 4.68. The van der Waals surface area contributed by atoms with Crippen molar-refractivity contribution in [3.8, 4) is 21.9 Å². The molecule has 1 aliphatic carbocycles. The number of primary amides is 1. The number of anilines is 1. The number of carbonyl (C=O) groups excluding carboxylic acids is 2. The second-order valence-electron chi connectivity index (χ2n) is 10.6. The zero-order valence-corrected chi connectivity index (χ0v) is 24.6. The topological polar surface area (TPSA) is 119 Å². The Labute approximate surface area is 247 Å². The molecule has 0 radical (unpaired) electrons. The molecular weight excluding hydrogens is 557 g/mol. The summed E-state index contributed by atoms with van der Waals surface area (Å²) in [5, 5.41) is 5.37. The molecule has 220 valence electrons. The Morgan fingerprint density at radius 3 is 2.57 bits per heavy atom. The van der Waals surface area contributed by atoms with E-state index in [0.29, 0.717) is 25.4 Å². The van der Waals surface area contributed by atoms with E-state index >= 15 is 4.39 Å². The van der Waals surface area contributed by atoms with Crippen LogP contribution >= 0.6 is 11.3 Å². The van der Waals surface area contributed by atoms with Crippen molar-refractivity contribution in [1.82, 2.24) is 15.2 Å². The van der Waals surface area contributed by atoms with E-state index in [-0.39, 0.29) is 29.4 Å². The third kappa shape index (κ3) is 6.80. The monoisotopic (exact) mass is 591 g/mol. The Bertz CT molecular complexity index is 1590. The summed E-state index contributed by atoms with van der Waals surface area (Å²) in [6.07, 6.45) is 3.50. The quantitative estimate of drug-likeness (QED) is 0.177. The molecule has 0 spiro atoms. The van der Waals surface area contributed by atoms with Gasteiger partial charge in [-0.05, 0) is 61.4 Å². The number of hydrogen-bond donors (Lipinski definition) is 3. The van der Waals surface area contributed by atoms with Gasteiger partial charge in [0.1, 0.15) is 5.75 Å². The molecule has 42 heavy (non-hydrogen) atoms. The van der Waals surface area contributed by atoms with Crippen molar-refractivity contribution < 1.29 is 23.5 Å². The second-order valence-corrected chi connectivity index (χ2v) is 11.6. The van der Waals surface area contributed by atoms with Crippen LogP contribution in [0.15, 0.2) is 54.7 Å². The van der Waals surface area contributed by atoms with Crippen molar-refractivity contribution in [3.63, 3.8) is 0 Å². The van der Waals surface area contributed by atoms with E-state index in [4.69, 9.17) is 15.2 Å². The summed E-state index contributed by atoms with van der Waals surface area (Å²) in [5.41, 5.74) is 8.80. The van der Waals surface area contributed by atoms with Gasteiger partial charge in [-0.1, -0.05) is 30.3 Å². The first-order valence-electron chi connectivity index (χ1n) is 13.8. The summed E-state index contributed by atoms with van der Waals surface area (Å²) in [4.78, 5) is 31.4. The van der Waals surface area contributed by atoms with Gasteiger partial charge in [0.25, 0.3) is 0 Å². The van der Waals surface area contributed by atoms with Gasteiger partial charge in [0.2, 0.25) is 0 Å². The van der Waals surface area contributed by atoms with E-state index < -0.39 is 11.8 Å². The van der Waals surface area contributed by atoms with Crippen LogP contribution in [-0.2, 0) is 11.3 Å². The summed E-state index contributed by atoms with van der Waals surface area (Å²) >= 11 is 1.49. The zero-order chi connectivity index (χ0) is 29.8. The predicted octanol–water partition coefficient (Wildman–Crippen LogP) is 6.83. The number of nitrogens with two attached hydrogens (primary N) is 1. The number of carbonyl (C=O) groups is 2. The third-order valence-electron chi connectivity index (χ3n) is 6.88. The maximum atomic E-state index is 15.5. The van der Waals surface area contributed by atoms with Crippen LogP contribution in [0.25, 0.3) is 20.7 Å². The van der Waals surface area contributed by atoms with Crippen molar-refractivity contribution in [2.75, 3.05) is 25.6 Å². The number of pyridine rings is 1. The number of rotatable bonds is 11. The fourth-order valence-corrected chi connectivity index (χ4v) is 5.75. The zero-order valence-electron chi connectivity index (χ0n) is 23.8. The number of fused-ring (bicyclic) bond motifs is 1. The Hall–Kier alpha value is -4.22. The minimum Gasteiger partial charge on any atom is -0.453 e. The molecule has 4 amide bonds. The van der Waals surface area contributed by atoms with Crippen LogP contribution in [0.1, 0.15) is 43.7 Å². The molecule has 11 heteroatoms. The van der Waals surface area contributed by atoms with E-state index in [9.17, 15) is 9.59 Å². The molecule has 4 N–H and O–H groups in total. The highest BCUT2D eigenvalue weighted by Crippen LogP contribution is 2.47. The van der Waals surface area contributed by atoms with Crippen molar-refractivity contribution in [2.45, 2.75) is 45.2 Å². The van der Waals surface area contributed by atoms with Gasteiger partial charge >= 0.3 is 12.1 Å². The average molecular weight is 592 g/mol. The highest BCUT2D eigenvalue weighted by molar-refractivity contribution is 7.22. The number of nitrogens with zero attached hydrogens (tertiary/aromatic N) is 2. The Kier molecular flexibility index (Phi) is 8.89. The molecular formula is C31H34FN5O4S. The number of aromatic nitrogens is 1. The fraction of sp³-hybridized carbons (Fsp3) is 0.323. The average Bonchev–Trinajstić information content (AvgIpc) is 3.70. The number of amides is 4. The molecule has 9 nitrogen and oxygen atoms in total. The van der Waals surface area contributed by atoms with E-state index in [1.165, 1.54) is 11.3 Å². The first-order valence-corrected chi connectivity index (χ1v) is 14.6. The molecule has 0 bridgehead atoms. The number of hydrogen-bond acceptors (Lipinski definition) is 6. The van der Waals surface area contributed by atoms with Gasteiger partial charge in [-0.3, -0.25) is 4.98 Å². The largest absolute Gasteiger partial charge is 0.453 e. The lowest BCUT2D eigenvalue weighted by atomic mass is 10.1. The number of halogens is 1. The summed E-state index contributed by atoms with van der Waals surface area (Å²) in [5.74, 6) is 0.00690. The van der Waals surface area contributed by atoms with Gasteiger partial charge in [0.15, 0.2) is 11.6 Å². The van der Waals surface area contributed by atoms with Gasteiger partial charge in [-0.15, -0.1) is 11.3 Å². The number of urea groups is 2. The lowest BCUT2D eigenvalue weighted by Gasteiger charge is -2.24. The van der Waals surface area contributed by atoms with Gasteiger partial charge in [-0.25, -0.2) is 14.0 Å². The van der Waals surface area contributed by atoms with Gasteiger partial charge < -0.3 is 30.7 Å². The summed E-state index contributed by atoms with van der Waals surface area (Å²) in [6.45, 7) is 5.23. The minimum absolute atomic E-state index is 0.00511. The molecule has 1 aliphatic rings. The smallest absolute Gasteiger partial charge is 0.317 e. The predicted molar refractivity (Wildman–Crippen MR) is 163 cm³/mol. The summed E-state index contributed by atoms with van der Waals surface area (Å²) < 4.78 is 27.5. The lowest BCUT2D eigenvalue weighted by Crippen LogP contribution is -2.43. The van der Waals surface area contributed by atoms with Gasteiger partial charge in [0.05, 0.1) is 22.5 Å². The van der Waals surface area contributed by atoms with Crippen LogP contribution in [0, 0.1) is 5.82 Å². The number of thiophene rings is 1. The molecule has 2 aromatic carbocycles. The molecule has 4 aromatic rings. The third-order valence-corrected chi connectivity index (χ3v) is 8.06. The Balaban J connectivity index is 1.37. The van der Waals surface area contributed by atoms with Crippen LogP contribution in [-0.4, -0.2) is 48.2 Å². The highest BCUT2D eigenvalue weighted by atomic mass is 32.1.